The molecular formula is C8H16FN. The van der Waals surface area contributed by atoms with Gasteiger partial charge in [0.2, 0.25) is 0 Å². The third-order valence-electron chi connectivity index (χ3n) is 1.52. The fourth-order valence-corrected chi connectivity index (χ4v) is 0.679. The van der Waals surface area contributed by atoms with E-state index in [2.05, 4.69) is 11.9 Å². The summed E-state index contributed by atoms with van der Waals surface area (Å²) >= 11 is 0. The van der Waals surface area contributed by atoms with Crippen molar-refractivity contribution in [3.05, 3.63) is 12.2 Å². The van der Waals surface area contributed by atoms with Crippen molar-refractivity contribution in [3.8, 4) is 0 Å². The predicted octanol–water partition coefficient (Wildman–Crippen LogP) is 1.76. The standard InChI is InChI=1S/C8H16FN/c1-4-10-6-8(5-9)7(2)3/h8,10H,2,4-6H2,1,3H3/t8-/m1/s1. The summed E-state index contributed by atoms with van der Waals surface area (Å²) in [5, 5.41) is 3.08. The van der Waals surface area contributed by atoms with Gasteiger partial charge in [0.15, 0.2) is 0 Å². The minimum absolute atomic E-state index is 0.0000463. The van der Waals surface area contributed by atoms with Gasteiger partial charge >= 0.3 is 0 Å². The zero-order valence-corrected chi connectivity index (χ0v) is 6.78. The molecule has 0 aliphatic rings. The minimum atomic E-state index is -0.303. The second-order valence-electron chi connectivity index (χ2n) is 2.51. The second-order valence-corrected chi connectivity index (χ2v) is 2.51. The van der Waals surface area contributed by atoms with E-state index in [-0.39, 0.29) is 12.6 Å². The van der Waals surface area contributed by atoms with Crippen LogP contribution in [0.5, 0.6) is 0 Å². The lowest BCUT2D eigenvalue weighted by atomic mass is 10.0. The second kappa shape index (κ2) is 5.42. The van der Waals surface area contributed by atoms with Gasteiger partial charge in [-0.2, -0.15) is 0 Å². The van der Waals surface area contributed by atoms with Gasteiger partial charge < -0.3 is 5.32 Å². The van der Waals surface area contributed by atoms with Gasteiger partial charge in [-0.05, 0) is 13.5 Å². The van der Waals surface area contributed by atoms with Crippen LogP contribution in [0.1, 0.15) is 13.8 Å². The van der Waals surface area contributed by atoms with E-state index < -0.39 is 0 Å². The van der Waals surface area contributed by atoms with Crippen LogP contribution in [-0.2, 0) is 0 Å². The highest BCUT2D eigenvalue weighted by Crippen LogP contribution is 2.06. The molecule has 1 nitrogen and oxygen atoms in total. The van der Waals surface area contributed by atoms with Gasteiger partial charge in [0.25, 0.3) is 0 Å². The summed E-state index contributed by atoms with van der Waals surface area (Å²) in [5.41, 5.74) is 0.920. The van der Waals surface area contributed by atoms with Gasteiger partial charge in [0.1, 0.15) is 0 Å². The molecule has 0 aromatic rings. The maximum absolute atomic E-state index is 12.1. The molecule has 0 radical (unpaired) electrons. The van der Waals surface area contributed by atoms with E-state index in [0.717, 1.165) is 12.1 Å². The highest BCUT2D eigenvalue weighted by molar-refractivity contribution is 4.96. The molecular weight excluding hydrogens is 129 g/mol. The van der Waals surface area contributed by atoms with Crippen LogP contribution in [0.2, 0.25) is 0 Å². The lowest BCUT2D eigenvalue weighted by Crippen LogP contribution is -2.24. The van der Waals surface area contributed by atoms with E-state index in [1.165, 1.54) is 0 Å². The Bertz CT molecular complexity index is 101. The van der Waals surface area contributed by atoms with Crippen LogP contribution in [0.25, 0.3) is 0 Å². The average Bonchev–Trinajstić information content (AvgIpc) is 1.89. The Morgan fingerprint density at radius 2 is 2.30 bits per heavy atom. The molecule has 0 spiro atoms. The van der Waals surface area contributed by atoms with Crippen LogP contribution >= 0.6 is 0 Å². The molecule has 0 aliphatic heterocycles. The molecule has 0 bridgehead atoms. The van der Waals surface area contributed by atoms with Crippen LogP contribution in [0.15, 0.2) is 12.2 Å². The van der Waals surface area contributed by atoms with Gasteiger partial charge in [-0.25, -0.2) is 0 Å². The van der Waals surface area contributed by atoms with Crippen LogP contribution in [0.4, 0.5) is 4.39 Å². The summed E-state index contributed by atoms with van der Waals surface area (Å²) in [6.45, 7) is 8.87. The highest BCUT2D eigenvalue weighted by Gasteiger charge is 2.06. The molecule has 0 saturated heterocycles. The largest absolute Gasteiger partial charge is 0.316 e. The lowest BCUT2D eigenvalue weighted by Gasteiger charge is -2.12. The van der Waals surface area contributed by atoms with Crippen molar-refractivity contribution in [3.63, 3.8) is 0 Å². The first kappa shape index (κ1) is 9.63. The van der Waals surface area contributed by atoms with E-state index in [1.807, 2.05) is 13.8 Å². The monoisotopic (exact) mass is 145 g/mol. The van der Waals surface area contributed by atoms with Crippen LogP contribution < -0.4 is 5.32 Å². The fraction of sp³-hybridized carbons (Fsp3) is 0.750. The summed E-state index contributed by atoms with van der Waals surface area (Å²) in [5.74, 6) is -0.0000463. The molecule has 0 heterocycles. The SMILES string of the molecule is C=C(C)[C@H](CF)CNCC. The molecule has 0 amide bonds. The van der Waals surface area contributed by atoms with Crippen molar-refractivity contribution in [2.75, 3.05) is 19.8 Å². The van der Waals surface area contributed by atoms with E-state index in [9.17, 15) is 4.39 Å². The van der Waals surface area contributed by atoms with Crippen molar-refractivity contribution < 1.29 is 4.39 Å². The van der Waals surface area contributed by atoms with E-state index in [1.54, 1.807) is 0 Å². The molecule has 0 aromatic heterocycles. The normalized spacial score (nSPS) is 13.1. The van der Waals surface area contributed by atoms with Crippen LogP contribution in [0, 0.1) is 5.92 Å². The van der Waals surface area contributed by atoms with E-state index in [4.69, 9.17) is 0 Å². The van der Waals surface area contributed by atoms with Crippen molar-refractivity contribution in [2.45, 2.75) is 13.8 Å². The summed E-state index contributed by atoms with van der Waals surface area (Å²) < 4.78 is 12.1. The number of rotatable bonds is 5. The van der Waals surface area contributed by atoms with Crippen molar-refractivity contribution >= 4 is 0 Å². The van der Waals surface area contributed by atoms with Gasteiger partial charge in [-0.1, -0.05) is 19.1 Å². The first-order valence-electron chi connectivity index (χ1n) is 3.64. The Hall–Kier alpha value is -0.370. The molecule has 0 unspecified atom stereocenters. The molecule has 0 aliphatic carbocycles. The third-order valence-corrected chi connectivity index (χ3v) is 1.52. The predicted molar refractivity (Wildman–Crippen MR) is 42.8 cm³/mol. The zero-order chi connectivity index (χ0) is 7.98. The maximum atomic E-state index is 12.1. The average molecular weight is 145 g/mol. The molecule has 1 atom stereocenters. The Morgan fingerprint density at radius 3 is 2.60 bits per heavy atom. The zero-order valence-electron chi connectivity index (χ0n) is 6.78. The molecule has 1 N–H and O–H groups in total. The number of nitrogens with one attached hydrogen (secondary N) is 1. The highest BCUT2D eigenvalue weighted by atomic mass is 19.1. The molecule has 60 valence electrons. The Balaban J connectivity index is 3.50. The van der Waals surface area contributed by atoms with Crippen molar-refractivity contribution in [2.24, 2.45) is 5.92 Å². The third kappa shape index (κ3) is 3.62. The molecule has 0 saturated carbocycles. The van der Waals surface area contributed by atoms with Gasteiger partial charge in [-0.15, -0.1) is 0 Å². The fourth-order valence-electron chi connectivity index (χ4n) is 0.679. The number of hydrogen-bond donors (Lipinski definition) is 1. The maximum Gasteiger partial charge on any atom is 0.0971 e. The van der Waals surface area contributed by atoms with Crippen LogP contribution in [0.3, 0.4) is 0 Å². The number of halogens is 1. The first-order valence-corrected chi connectivity index (χ1v) is 3.64. The summed E-state index contributed by atoms with van der Waals surface area (Å²) in [4.78, 5) is 0. The molecule has 0 rings (SSSR count). The Labute approximate surface area is 62.3 Å². The Morgan fingerprint density at radius 1 is 1.70 bits per heavy atom. The lowest BCUT2D eigenvalue weighted by molar-refractivity contribution is 0.385. The van der Waals surface area contributed by atoms with Crippen LogP contribution in [-0.4, -0.2) is 19.8 Å². The molecule has 0 aromatic carbocycles. The van der Waals surface area contributed by atoms with Gasteiger partial charge in [-0.3, -0.25) is 4.39 Å². The number of alkyl halides is 1. The molecule has 10 heavy (non-hydrogen) atoms. The van der Waals surface area contributed by atoms with Crippen molar-refractivity contribution in [1.82, 2.24) is 5.32 Å². The first-order chi connectivity index (χ1) is 4.72. The molecule has 0 fully saturated rings. The minimum Gasteiger partial charge on any atom is -0.316 e. The number of hydrogen-bond acceptors (Lipinski definition) is 1. The van der Waals surface area contributed by atoms with E-state index >= 15 is 0 Å². The smallest absolute Gasteiger partial charge is 0.0971 e. The summed E-state index contributed by atoms with van der Waals surface area (Å²) in [6, 6.07) is 0. The van der Waals surface area contributed by atoms with Gasteiger partial charge in [0, 0.05) is 12.5 Å². The molecule has 2 heteroatoms. The summed E-state index contributed by atoms with van der Waals surface area (Å²) in [7, 11) is 0. The quantitative estimate of drug-likeness (QED) is 0.581. The summed E-state index contributed by atoms with van der Waals surface area (Å²) in [6.07, 6.45) is 0. The van der Waals surface area contributed by atoms with E-state index in [0.29, 0.717) is 6.54 Å². The van der Waals surface area contributed by atoms with Crippen molar-refractivity contribution in [1.29, 1.82) is 0 Å². The van der Waals surface area contributed by atoms with Gasteiger partial charge in [0.05, 0.1) is 6.67 Å². The Kier molecular flexibility index (Phi) is 5.22. The topological polar surface area (TPSA) is 12.0 Å².